The van der Waals surface area contributed by atoms with Crippen molar-refractivity contribution < 1.29 is 0 Å². The number of hydrogen-bond donors (Lipinski definition) is 0. The predicted octanol–water partition coefficient (Wildman–Crippen LogP) is 3.11. The molecule has 0 aliphatic heterocycles. The molecule has 0 radical (unpaired) electrons. The minimum atomic E-state index is 0.718. The van der Waals surface area contributed by atoms with Crippen LogP contribution in [-0.4, -0.2) is 0 Å². The highest BCUT2D eigenvalue weighted by Crippen LogP contribution is 2.31. The zero-order valence-electron chi connectivity index (χ0n) is 8.01. The smallest absolute Gasteiger partial charge is 0.0245 e. The summed E-state index contributed by atoms with van der Waals surface area (Å²) in [7, 11) is 0. The van der Waals surface area contributed by atoms with Crippen LogP contribution in [0.4, 0.5) is 0 Å². The van der Waals surface area contributed by atoms with Crippen LogP contribution in [0, 0.1) is 12.3 Å². The summed E-state index contributed by atoms with van der Waals surface area (Å²) in [5, 5.41) is 0. The molecule has 1 aromatic rings. The Balaban J connectivity index is 2.47. The Hall–Kier alpha value is -1.22. The fraction of sp³-hybridized carbons (Fsp3) is 0.385. The van der Waals surface area contributed by atoms with Crippen molar-refractivity contribution in [3.05, 3.63) is 34.9 Å². The molecule has 0 heterocycles. The van der Waals surface area contributed by atoms with Gasteiger partial charge in [0.15, 0.2) is 0 Å². The van der Waals surface area contributed by atoms with Crippen LogP contribution in [0.1, 0.15) is 42.4 Å². The van der Waals surface area contributed by atoms with E-state index in [0.29, 0.717) is 0 Å². The summed E-state index contributed by atoms with van der Waals surface area (Å²) in [6.07, 6.45) is 9.20. The van der Waals surface area contributed by atoms with Crippen molar-refractivity contribution >= 4 is 0 Å². The Morgan fingerprint density at radius 2 is 2.31 bits per heavy atom. The highest BCUT2D eigenvalue weighted by molar-refractivity contribution is 5.42. The number of hydrogen-bond acceptors (Lipinski definition) is 0. The highest BCUT2D eigenvalue weighted by Gasteiger charge is 2.15. The van der Waals surface area contributed by atoms with E-state index in [-0.39, 0.29) is 0 Å². The van der Waals surface area contributed by atoms with Gasteiger partial charge in [0.05, 0.1) is 0 Å². The molecule has 0 unspecified atom stereocenters. The minimum absolute atomic E-state index is 0.718. The van der Waals surface area contributed by atoms with Crippen molar-refractivity contribution in [2.24, 2.45) is 0 Å². The van der Waals surface area contributed by atoms with Crippen LogP contribution in [0.15, 0.2) is 18.2 Å². The van der Waals surface area contributed by atoms with E-state index < -0.39 is 0 Å². The third-order valence-electron chi connectivity index (χ3n) is 2.92. The molecule has 0 bridgehead atoms. The van der Waals surface area contributed by atoms with E-state index in [1.54, 1.807) is 0 Å². The second-order valence-corrected chi connectivity index (χ2v) is 3.85. The van der Waals surface area contributed by atoms with Gasteiger partial charge in [-0.25, -0.2) is 0 Å². The van der Waals surface area contributed by atoms with Gasteiger partial charge in [-0.05, 0) is 48.4 Å². The normalized spacial score (nSPS) is 20.5. The van der Waals surface area contributed by atoms with Crippen LogP contribution < -0.4 is 0 Å². The standard InChI is InChI=1S/C13H14/c1-3-11-7-8-13-10(2)5-4-6-12(13)9-11/h1,7-10H,4-6H2,2H3/t10-/m0/s1. The second kappa shape index (κ2) is 3.26. The maximum Gasteiger partial charge on any atom is 0.0245 e. The molecule has 0 saturated carbocycles. The Kier molecular flexibility index (Phi) is 2.10. The molecule has 0 saturated heterocycles. The molecule has 13 heavy (non-hydrogen) atoms. The lowest BCUT2D eigenvalue weighted by Gasteiger charge is -2.22. The van der Waals surface area contributed by atoms with Gasteiger partial charge in [0, 0.05) is 5.56 Å². The lowest BCUT2D eigenvalue weighted by molar-refractivity contribution is 0.590. The zero-order chi connectivity index (χ0) is 9.26. The fourth-order valence-corrected chi connectivity index (χ4v) is 2.15. The molecule has 1 aromatic carbocycles. The number of fused-ring (bicyclic) bond motifs is 1. The summed E-state index contributed by atoms with van der Waals surface area (Å²) in [5.41, 5.74) is 3.99. The minimum Gasteiger partial charge on any atom is -0.115 e. The Labute approximate surface area is 80.0 Å². The number of aryl methyl sites for hydroxylation is 1. The van der Waals surface area contributed by atoms with Gasteiger partial charge in [-0.2, -0.15) is 0 Å². The van der Waals surface area contributed by atoms with E-state index >= 15 is 0 Å². The summed E-state index contributed by atoms with van der Waals surface area (Å²) < 4.78 is 0. The van der Waals surface area contributed by atoms with Gasteiger partial charge in [0.1, 0.15) is 0 Å². The third kappa shape index (κ3) is 1.47. The summed E-state index contributed by atoms with van der Waals surface area (Å²) in [6, 6.07) is 6.43. The zero-order valence-corrected chi connectivity index (χ0v) is 8.01. The Morgan fingerprint density at radius 3 is 3.08 bits per heavy atom. The summed E-state index contributed by atoms with van der Waals surface area (Å²) in [6.45, 7) is 2.30. The first-order valence-corrected chi connectivity index (χ1v) is 4.90. The maximum absolute atomic E-state index is 5.37. The number of rotatable bonds is 0. The molecule has 1 aliphatic rings. The molecule has 1 atom stereocenters. The van der Waals surface area contributed by atoms with Gasteiger partial charge in [-0.1, -0.05) is 18.9 Å². The molecular formula is C13H14. The van der Waals surface area contributed by atoms with Crippen LogP contribution in [0.25, 0.3) is 0 Å². The quantitative estimate of drug-likeness (QED) is 0.525. The van der Waals surface area contributed by atoms with Crippen molar-refractivity contribution in [2.45, 2.75) is 32.1 Å². The lowest BCUT2D eigenvalue weighted by Crippen LogP contribution is -2.06. The molecule has 66 valence electrons. The van der Waals surface area contributed by atoms with E-state index in [0.717, 1.165) is 11.5 Å². The van der Waals surface area contributed by atoms with Crippen molar-refractivity contribution in [1.29, 1.82) is 0 Å². The number of benzene rings is 1. The molecule has 0 N–H and O–H groups in total. The Bertz CT molecular complexity index is 355. The molecule has 2 rings (SSSR count). The first kappa shape index (κ1) is 8.38. The van der Waals surface area contributed by atoms with Crippen LogP contribution in [0.2, 0.25) is 0 Å². The van der Waals surface area contributed by atoms with E-state index in [1.165, 1.54) is 30.4 Å². The Morgan fingerprint density at radius 1 is 1.46 bits per heavy atom. The van der Waals surface area contributed by atoms with Gasteiger partial charge >= 0.3 is 0 Å². The van der Waals surface area contributed by atoms with Crippen molar-refractivity contribution in [2.75, 3.05) is 0 Å². The molecule has 0 heteroatoms. The molecule has 0 aromatic heterocycles. The summed E-state index contributed by atoms with van der Waals surface area (Å²) >= 11 is 0. The summed E-state index contributed by atoms with van der Waals surface area (Å²) in [4.78, 5) is 0. The van der Waals surface area contributed by atoms with E-state index in [9.17, 15) is 0 Å². The van der Waals surface area contributed by atoms with Crippen LogP contribution in [0.5, 0.6) is 0 Å². The molecule has 0 spiro atoms. The average molecular weight is 170 g/mol. The van der Waals surface area contributed by atoms with Gasteiger partial charge in [0.25, 0.3) is 0 Å². The van der Waals surface area contributed by atoms with Crippen LogP contribution in [0.3, 0.4) is 0 Å². The van der Waals surface area contributed by atoms with E-state index in [1.807, 2.05) is 0 Å². The van der Waals surface area contributed by atoms with Crippen molar-refractivity contribution in [3.63, 3.8) is 0 Å². The molecule has 0 amide bonds. The van der Waals surface area contributed by atoms with Crippen LogP contribution >= 0.6 is 0 Å². The average Bonchev–Trinajstić information content (AvgIpc) is 2.18. The van der Waals surface area contributed by atoms with E-state index in [2.05, 4.69) is 31.0 Å². The van der Waals surface area contributed by atoms with Crippen LogP contribution in [-0.2, 0) is 6.42 Å². The lowest BCUT2D eigenvalue weighted by atomic mass is 9.83. The monoisotopic (exact) mass is 170 g/mol. The van der Waals surface area contributed by atoms with Crippen molar-refractivity contribution in [1.82, 2.24) is 0 Å². The van der Waals surface area contributed by atoms with Gasteiger partial charge in [-0.3, -0.25) is 0 Å². The van der Waals surface area contributed by atoms with Crippen molar-refractivity contribution in [3.8, 4) is 12.3 Å². The van der Waals surface area contributed by atoms with E-state index in [4.69, 9.17) is 6.42 Å². The second-order valence-electron chi connectivity index (χ2n) is 3.85. The maximum atomic E-state index is 5.37. The number of terminal acetylenes is 1. The predicted molar refractivity (Wildman–Crippen MR) is 55.7 cm³/mol. The fourth-order valence-electron chi connectivity index (χ4n) is 2.15. The molecular weight excluding hydrogens is 156 g/mol. The molecule has 1 aliphatic carbocycles. The van der Waals surface area contributed by atoms with Gasteiger partial charge in [-0.15, -0.1) is 6.42 Å². The van der Waals surface area contributed by atoms with Gasteiger partial charge in [0.2, 0.25) is 0 Å². The third-order valence-corrected chi connectivity index (χ3v) is 2.92. The SMILES string of the molecule is C#Cc1ccc2c(c1)CCC[C@@H]2C. The van der Waals surface area contributed by atoms with Gasteiger partial charge < -0.3 is 0 Å². The molecule has 0 fully saturated rings. The topological polar surface area (TPSA) is 0 Å². The molecule has 0 nitrogen and oxygen atoms in total. The first-order valence-electron chi connectivity index (χ1n) is 4.90. The highest BCUT2D eigenvalue weighted by atomic mass is 14.2. The largest absolute Gasteiger partial charge is 0.115 e. The summed E-state index contributed by atoms with van der Waals surface area (Å²) in [5.74, 6) is 3.41. The first-order chi connectivity index (χ1) is 6.31.